The molecule has 4 nitrogen and oxygen atoms in total. The molecular formula is C5H8ClNO3. The van der Waals surface area contributed by atoms with Crippen molar-refractivity contribution >= 4 is 23.5 Å². The van der Waals surface area contributed by atoms with Crippen LogP contribution in [-0.2, 0) is 14.3 Å². The Labute approximate surface area is 63.3 Å². The molecule has 2 N–H and O–H groups in total. The van der Waals surface area contributed by atoms with E-state index < -0.39 is 17.3 Å². The van der Waals surface area contributed by atoms with Crippen molar-refractivity contribution in [2.75, 3.05) is 6.61 Å². The summed E-state index contributed by atoms with van der Waals surface area (Å²) in [6, 6.07) is 0. The van der Waals surface area contributed by atoms with E-state index in [4.69, 9.17) is 17.3 Å². The van der Waals surface area contributed by atoms with Gasteiger partial charge in [-0.1, -0.05) is 11.6 Å². The molecule has 1 amide bonds. The Kier molecular flexibility index (Phi) is 3.79. The standard InChI is InChI=1S/C5H8ClNO3/c1-2-10-5(9)3(6)4(7)8/h3H,2H2,1H3,(H2,7,8). The van der Waals surface area contributed by atoms with Crippen molar-refractivity contribution in [1.29, 1.82) is 0 Å². The van der Waals surface area contributed by atoms with E-state index in [0.29, 0.717) is 0 Å². The van der Waals surface area contributed by atoms with Crippen LogP contribution in [0.15, 0.2) is 0 Å². The summed E-state index contributed by atoms with van der Waals surface area (Å²) in [4.78, 5) is 20.7. The molecule has 10 heavy (non-hydrogen) atoms. The lowest BCUT2D eigenvalue weighted by atomic mass is 10.4. The summed E-state index contributed by atoms with van der Waals surface area (Å²) in [7, 11) is 0. The molecule has 0 aromatic carbocycles. The number of nitrogens with two attached hydrogens (primary N) is 1. The Bertz CT molecular complexity index is 148. The van der Waals surface area contributed by atoms with E-state index in [-0.39, 0.29) is 6.61 Å². The Balaban J connectivity index is 3.82. The number of rotatable bonds is 3. The first-order valence-corrected chi connectivity index (χ1v) is 3.13. The third-order valence-electron chi connectivity index (χ3n) is 0.743. The van der Waals surface area contributed by atoms with Gasteiger partial charge in [-0.15, -0.1) is 0 Å². The van der Waals surface area contributed by atoms with Gasteiger partial charge in [0.1, 0.15) is 0 Å². The Morgan fingerprint density at radius 1 is 1.70 bits per heavy atom. The topological polar surface area (TPSA) is 69.4 Å². The Hall–Kier alpha value is -0.770. The van der Waals surface area contributed by atoms with Crippen LogP contribution in [0.1, 0.15) is 6.92 Å². The highest BCUT2D eigenvalue weighted by Gasteiger charge is 2.21. The van der Waals surface area contributed by atoms with Gasteiger partial charge in [-0.05, 0) is 6.92 Å². The lowest BCUT2D eigenvalue weighted by Gasteiger charge is -2.02. The number of alkyl halides is 1. The maximum Gasteiger partial charge on any atom is 0.333 e. The number of amides is 1. The van der Waals surface area contributed by atoms with Crippen molar-refractivity contribution in [3.05, 3.63) is 0 Å². The monoisotopic (exact) mass is 165 g/mol. The van der Waals surface area contributed by atoms with Crippen LogP contribution in [0.3, 0.4) is 0 Å². The van der Waals surface area contributed by atoms with Crippen LogP contribution < -0.4 is 5.73 Å². The lowest BCUT2D eigenvalue weighted by Crippen LogP contribution is -2.32. The van der Waals surface area contributed by atoms with Crippen LogP contribution in [0.5, 0.6) is 0 Å². The van der Waals surface area contributed by atoms with Crippen molar-refractivity contribution in [2.24, 2.45) is 5.73 Å². The van der Waals surface area contributed by atoms with Crippen LogP contribution in [0.2, 0.25) is 0 Å². The van der Waals surface area contributed by atoms with Crippen molar-refractivity contribution in [3.63, 3.8) is 0 Å². The second-order valence-electron chi connectivity index (χ2n) is 1.52. The summed E-state index contributed by atoms with van der Waals surface area (Å²) in [5.41, 5.74) is 4.70. The van der Waals surface area contributed by atoms with Gasteiger partial charge in [-0.25, -0.2) is 4.79 Å². The highest BCUT2D eigenvalue weighted by Crippen LogP contribution is 1.96. The minimum Gasteiger partial charge on any atom is -0.464 e. The third-order valence-corrected chi connectivity index (χ3v) is 1.14. The number of primary amides is 1. The maximum absolute atomic E-state index is 10.5. The van der Waals surface area contributed by atoms with Crippen LogP contribution in [-0.4, -0.2) is 23.9 Å². The predicted octanol–water partition coefficient (Wildman–Crippen LogP) is -0.358. The summed E-state index contributed by atoms with van der Waals surface area (Å²) in [6.07, 6.45) is 0. The summed E-state index contributed by atoms with van der Waals surface area (Å²) < 4.78 is 4.39. The van der Waals surface area contributed by atoms with Crippen LogP contribution in [0.25, 0.3) is 0 Å². The van der Waals surface area contributed by atoms with Gasteiger partial charge in [0, 0.05) is 0 Å². The molecule has 0 aliphatic heterocycles. The molecule has 58 valence electrons. The molecular weight excluding hydrogens is 158 g/mol. The summed E-state index contributed by atoms with van der Waals surface area (Å²) in [6.45, 7) is 1.80. The average Bonchev–Trinajstić information content (AvgIpc) is 1.87. The summed E-state index contributed by atoms with van der Waals surface area (Å²) >= 11 is 5.20. The largest absolute Gasteiger partial charge is 0.464 e. The van der Waals surface area contributed by atoms with E-state index in [9.17, 15) is 9.59 Å². The normalized spacial score (nSPS) is 12.2. The van der Waals surface area contributed by atoms with Gasteiger partial charge in [-0.2, -0.15) is 0 Å². The molecule has 0 saturated heterocycles. The Morgan fingerprint density at radius 2 is 2.20 bits per heavy atom. The lowest BCUT2D eigenvalue weighted by molar-refractivity contribution is -0.144. The zero-order valence-corrected chi connectivity index (χ0v) is 6.22. The number of hydrogen-bond donors (Lipinski definition) is 1. The van der Waals surface area contributed by atoms with Gasteiger partial charge in [-0.3, -0.25) is 4.79 Å². The summed E-state index contributed by atoms with van der Waals surface area (Å²) in [5, 5.41) is -1.36. The zero-order valence-electron chi connectivity index (χ0n) is 5.46. The fourth-order valence-electron chi connectivity index (χ4n) is 0.332. The number of carbonyl (C=O) groups is 2. The van der Waals surface area contributed by atoms with Crippen molar-refractivity contribution in [1.82, 2.24) is 0 Å². The zero-order chi connectivity index (χ0) is 8.15. The molecule has 0 rings (SSSR count). The molecule has 0 aliphatic rings. The van der Waals surface area contributed by atoms with Gasteiger partial charge < -0.3 is 10.5 Å². The number of carbonyl (C=O) groups excluding carboxylic acids is 2. The highest BCUT2D eigenvalue weighted by atomic mass is 35.5. The van der Waals surface area contributed by atoms with Crippen molar-refractivity contribution in [3.8, 4) is 0 Å². The first-order chi connectivity index (χ1) is 4.59. The van der Waals surface area contributed by atoms with Gasteiger partial charge in [0.15, 0.2) is 0 Å². The second kappa shape index (κ2) is 4.11. The van der Waals surface area contributed by atoms with E-state index in [1.807, 2.05) is 0 Å². The molecule has 0 aliphatic carbocycles. The molecule has 0 heterocycles. The minimum atomic E-state index is -1.36. The predicted molar refractivity (Wildman–Crippen MR) is 35.5 cm³/mol. The van der Waals surface area contributed by atoms with Crippen molar-refractivity contribution < 1.29 is 14.3 Å². The molecule has 1 atom stereocenters. The van der Waals surface area contributed by atoms with Crippen molar-refractivity contribution in [2.45, 2.75) is 12.3 Å². The van der Waals surface area contributed by atoms with Crippen LogP contribution in [0.4, 0.5) is 0 Å². The smallest absolute Gasteiger partial charge is 0.333 e. The van der Waals surface area contributed by atoms with E-state index in [2.05, 4.69) is 4.74 Å². The van der Waals surface area contributed by atoms with E-state index in [1.165, 1.54) is 0 Å². The third kappa shape index (κ3) is 2.68. The molecule has 0 saturated carbocycles. The fourth-order valence-corrected chi connectivity index (χ4v) is 0.395. The molecule has 0 aromatic rings. The van der Waals surface area contributed by atoms with Gasteiger partial charge in [0.2, 0.25) is 11.3 Å². The molecule has 5 heteroatoms. The van der Waals surface area contributed by atoms with Crippen LogP contribution >= 0.6 is 11.6 Å². The number of esters is 1. The molecule has 1 unspecified atom stereocenters. The van der Waals surface area contributed by atoms with E-state index in [1.54, 1.807) is 6.92 Å². The first-order valence-electron chi connectivity index (χ1n) is 2.69. The molecule has 0 bridgehead atoms. The molecule has 0 aromatic heterocycles. The van der Waals surface area contributed by atoms with Gasteiger partial charge in [0.05, 0.1) is 6.61 Å². The number of hydrogen-bond acceptors (Lipinski definition) is 3. The second-order valence-corrected chi connectivity index (χ2v) is 1.95. The van der Waals surface area contributed by atoms with E-state index >= 15 is 0 Å². The molecule has 0 fully saturated rings. The fraction of sp³-hybridized carbons (Fsp3) is 0.600. The van der Waals surface area contributed by atoms with E-state index in [0.717, 1.165) is 0 Å². The highest BCUT2D eigenvalue weighted by molar-refractivity contribution is 6.40. The average molecular weight is 166 g/mol. The maximum atomic E-state index is 10.5. The minimum absolute atomic E-state index is 0.190. The summed E-state index contributed by atoms with van der Waals surface area (Å²) in [5.74, 6) is -1.68. The number of halogens is 1. The SMILES string of the molecule is CCOC(=O)C(Cl)C(N)=O. The van der Waals surface area contributed by atoms with Crippen LogP contribution in [0, 0.1) is 0 Å². The molecule has 0 spiro atoms. The van der Waals surface area contributed by atoms with Gasteiger partial charge >= 0.3 is 5.97 Å². The molecule has 0 radical (unpaired) electrons. The van der Waals surface area contributed by atoms with Gasteiger partial charge in [0.25, 0.3) is 0 Å². The first kappa shape index (κ1) is 9.23. The Morgan fingerprint density at radius 3 is 2.50 bits per heavy atom. The number of ether oxygens (including phenoxy) is 1. The quantitative estimate of drug-likeness (QED) is 0.353.